The van der Waals surface area contributed by atoms with Crippen LogP contribution in [0.25, 0.3) is 0 Å². The van der Waals surface area contributed by atoms with Gasteiger partial charge >= 0.3 is 0 Å². The van der Waals surface area contributed by atoms with Crippen molar-refractivity contribution in [1.29, 1.82) is 5.26 Å². The molecule has 1 aliphatic heterocycles. The lowest BCUT2D eigenvalue weighted by molar-refractivity contribution is 0.183. The van der Waals surface area contributed by atoms with Crippen molar-refractivity contribution in [2.45, 2.75) is 32.4 Å². The average molecular weight is 383 g/mol. The Kier molecular flexibility index (Phi) is 5.44. The number of benzene rings is 1. The predicted octanol–water partition coefficient (Wildman–Crippen LogP) is 3.22. The Morgan fingerprint density at radius 2 is 2.00 bits per heavy atom. The third kappa shape index (κ3) is 3.27. The maximum atomic E-state index is 9.88. The molecule has 0 amide bonds. The lowest BCUT2D eigenvalue weighted by Crippen LogP contribution is -2.45. The molecule has 0 radical (unpaired) electrons. The summed E-state index contributed by atoms with van der Waals surface area (Å²) in [6, 6.07) is 10.9. The van der Waals surface area contributed by atoms with Gasteiger partial charge in [-0.2, -0.15) is 5.26 Å². The first-order valence-corrected chi connectivity index (χ1v) is 9.41. The zero-order valence-electron chi connectivity index (χ0n) is 15.1. The molecule has 0 saturated heterocycles. The fourth-order valence-electron chi connectivity index (χ4n) is 3.54. The third-order valence-electron chi connectivity index (χ3n) is 4.80. The molecule has 2 aromatic rings. The fraction of sp³-hybridized carbons (Fsp3) is 0.316. The van der Waals surface area contributed by atoms with Gasteiger partial charge in [0.25, 0.3) is 0 Å². The Morgan fingerprint density at radius 3 is 2.56 bits per heavy atom. The summed E-state index contributed by atoms with van der Waals surface area (Å²) >= 11 is 1.32. The quantitative estimate of drug-likeness (QED) is 0.425. The normalized spacial score (nSPS) is 18.4. The van der Waals surface area contributed by atoms with Crippen molar-refractivity contribution in [3.8, 4) is 6.07 Å². The zero-order valence-corrected chi connectivity index (χ0v) is 15.9. The number of hydrogen-bond donors (Lipinski definition) is 3. The average Bonchev–Trinajstić information content (AvgIpc) is 3.01. The van der Waals surface area contributed by atoms with Crippen LogP contribution in [0.15, 0.2) is 40.6 Å². The van der Waals surface area contributed by atoms with Crippen LogP contribution in [0.2, 0.25) is 0 Å². The minimum Gasteiger partial charge on any atom is -0.411 e. The molecule has 7 nitrogen and oxygen atoms in total. The minimum absolute atomic E-state index is 0.143. The highest BCUT2D eigenvalue weighted by Crippen LogP contribution is 2.42. The summed E-state index contributed by atoms with van der Waals surface area (Å²) in [5, 5.41) is 36.5. The maximum Gasteiger partial charge on any atom is 0.136 e. The maximum absolute atomic E-state index is 9.88. The Bertz CT molecular complexity index is 928. The molecule has 8 heteroatoms. The molecular formula is C19H21N5O2S. The molecule has 2 heterocycles. The second kappa shape index (κ2) is 7.78. The number of oxime groups is 2. The van der Waals surface area contributed by atoms with Crippen LogP contribution in [0.4, 0.5) is 5.00 Å². The van der Waals surface area contributed by atoms with Crippen LogP contribution in [-0.4, -0.2) is 39.3 Å². The van der Waals surface area contributed by atoms with Gasteiger partial charge in [-0.3, -0.25) is 4.90 Å². The molecule has 0 saturated carbocycles. The highest BCUT2D eigenvalue weighted by atomic mass is 32.1. The summed E-state index contributed by atoms with van der Waals surface area (Å²) in [6.07, 6.45) is 0.691. The van der Waals surface area contributed by atoms with Crippen molar-refractivity contribution >= 4 is 27.8 Å². The van der Waals surface area contributed by atoms with Crippen LogP contribution in [-0.2, 0) is 6.42 Å². The number of nitrogens with two attached hydrogens (primary N) is 1. The van der Waals surface area contributed by atoms with Gasteiger partial charge in [0.15, 0.2) is 0 Å². The first kappa shape index (κ1) is 18.9. The van der Waals surface area contributed by atoms with E-state index in [4.69, 9.17) is 5.73 Å². The molecule has 1 aromatic heterocycles. The van der Waals surface area contributed by atoms with Gasteiger partial charge in [-0.15, -0.1) is 11.3 Å². The lowest BCUT2D eigenvalue weighted by atomic mass is 9.90. The molecule has 1 atom stereocenters. The van der Waals surface area contributed by atoms with Crippen LogP contribution < -0.4 is 5.73 Å². The Labute approximate surface area is 161 Å². The number of thiophene rings is 1. The Balaban J connectivity index is 2.18. The number of fused-ring (bicyclic) bond motifs is 1. The van der Waals surface area contributed by atoms with E-state index in [9.17, 15) is 15.7 Å². The lowest BCUT2D eigenvalue weighted by Gasteiger charge is -2.38. The predicted molar refractivity (Wildman–Crippen MR) is 106 cm³/mol. The van der Waals surface area contributed by atoms with E-state index in [1.165, 1.54) is 11.3 Å². The SMILES string of the molecule is CC(C)N1CCc2c(sc(N)c2C#N)C1C(=N/O)/C(=N/O)c1ccccc1. The smallest absolute Gasteiger partial charge is 0.136 e. The number of hydrogen-bond acceptors (Lipinski definition) is 8. The molecular weight excluding hydrogens is 362 g/mol. The van der Waals surface area contributed by atoms with Gasteiger partial charge in [-0.05, 0) is 25.8 Å². The number of nitriles is 1. The van der Waals surface area contributed by atoms with E-state index >= 15 is 0 Å². The van der Waals surface area contributed by atoms with Crippen molar-refractivity contribution in [3.05, 3.63) is 51.9 Å². The van der Waals surface area contributed by atoms with Crippen molar-refractivity contribution in [1.82, 2.24) is 4.90 Å². The Hall–Kier alpha value is -2.89. The van der Waals surface area contributed by atoms with E-state index in [2.05, 4.69) is 21.3 Å². The van der Waals surface area contributed by atoms with Gasteiger partial charge in [0.05, 0.1) is 11.6 Å². The molecule has 4 N–H and O–H groups in total. The largest absolute Gasteiger partial charge is 0.411 e. The monoisotopic (exact) mass is 383 g/mol. The summed E-state index contributed by atoms with van der Waals surface area (Å²) in [7, 11) is 0. The summed E-state index contributed by atoms with van der Waals surface area (Å²) < 4.78 is 0. The Morgan fingerprint density at radius 1 is 1.30 bits per heavy atom. The van der Waals surface area contributed by atoms with E-state index in [0.717, 1.165) is 10.4 Å². The number of nitrogen functional groups attached to an aromatic ring is 1. The van der Waals surface area contributed by atoms with Gasteiger partial charge < -0.3 is 16.1 Å². The summed E-state index contributed by atoms with van der Waals surface area (Å²) in [5.41, 5.74) is 8.49. The minimum atomic E-state index is -0.459. The van der Waals surface area contributed by atoms with E-state index < -0.39 is 6.04 Å². The summed E-state index contributed by atoms with van der Waals surface area (Å²) in [6.45, 7) is 4.77. The highest BCUT2D eigenvalue weighted by Gasteiger charge is 2.39. The van der Waals surface area contributed by atoms with Crippen molar-refractivity contribution in [3.63, 3.8) is 0 Å². The molecule has 1 aromatic carbocycles. The molecule has 27 heavy (non-hydrogen) atoms. The first-order valence-electron chi connectivity index (χ1n) is 8.60. The number of rotatable bonds is 4. The van der Waals surface area contributed by atoms with E-state index in [0.29, 0.717) is 29.1 Å². The molecule has 0 aliphatic carbocycles. The standard InChI is InChI=1S/C19H21N5O2S/c1-11(2)24-9-8-13-14(10-20)19(21)27-18(13)17(24)16(23-26)15(22-25)12-6-4-3-5-7-12/h3-7,11,17,25-26H,8-9,21H2,1-2H3/b22-15+,23-16+. The van der Waals surface area contributed by atoms with Gasteiger partial charge in [-0.1, -0.05) is 40.6 Å². The van der Waals surface area contributed by atoms with Gasteiger partial charge in [0.2, 0.25) is 0 Å². The fourth-order valence-corrected chi connectivity index (χ4v) is 4.73. The van der Waals surface area contributed by atoms with E-state index in [1.54, 1.807) is 12.1 Å². The second-order valence-electron chi connectivity index (χ2n) is 6.58. The molecule has 140 valence electrons. The number of anilines is 1. The molecule has 1 aliphatic rings. The van der Waals surface area contributed by atoms with Crippen molar-refractivity contribution in [2.75, 3.05) is 12.3 Å². The van der Waals surface area contributed by atoms with Crippen LogP contribution >= 0.6 is 11.3 Å². The number of nitrogens with zero attached hydrogens (tertiary/aromatic N) is 4. The van der Waals surface area contributed by atoms with Crippen LogP contribution in [0.3, 0.4) is 0 Å². The van der Waals surface area contributed by atoms with Crippen molar-refractivity contribution in [2.24, 2.45) is 10.3 Å². The highest BCUT2D eigenvalue weighted by molar-refractivity contribution is 7.16. The molecule has 1 unspecified atom stereocenters. The van der Waals surface area contributed by atoms with Crippen LogP contribution in [0.5, 0.6) is 0 Å². The second-order valence-corrected chi connectivity index (χ2v) is 7.66. The summed E-state index contributed by atoms with van der Waals surface area (Å²) in [4.78, 5) is 3.01. The van der Waals surface area contributed by atoms with Crippen LogP contribution in [0, 0.1) is 11.3 Å². The van der Waals surface area contributed by atoms with E-state index in [-0.39, 0.29) is 17.5 Å². The van der Waals surface area contributed by atoms with E-state index in [1.807, 2.05) is 32.0 Å². The van der Waals surface area contributed by atoms with Gasteiger partial charge in [-0.25, -0.2) is 0 Å². The zero-order chi connectivity index (χ0) is 19.6. The van der Waals surface area contributed by atoms with Crippen molar-refractivity contribution < 1.29 is 10.4 Å². The first-order chi connectivity index (χ1) is 13.0. The summed E-state index contributed by atoms with van der Waals surface area (Å²) in [5.74, 6) is 0. The molecule has 0 bridgehead atoms. The van der Waals surface area contributed by atoms with Crippen LogP contribution in [0.1, 0.15) is 41.5 Å². The molecule has 0 fully saturated rings. The molecule has 0 spiro atoms. The van der Waals surface area contributed by atoms with Gasteiger partial charge in [0, 0.05) is 23.0 Å². The van der Waals surface area contributed by atoms with Gasteiger partial charge in [0.1, 0.15) is 22.5 Å². The topological polar surface area (TPSA) is 118 Å². The molecule has 3 rings (SSSR count). The third-order valence-corrected chi connectivity index (χ3v) is 5.91.